The molecule has 100 valence electrons. The van der Waals surface area contributed by atoms with E-state index in [4.69, 9.17) is 0 Å². The van der Waals surface area contributed by atoms with Gasteiger partial charge in [0.15, 0.2) is 11.6 Å². The van der Waals surface area contributed by atoms with Gasteiger partial charge in [-0.05, 0) is 26.4 Å². The van der Waals surface area contributed by atoms with Crippen molar-refractivity contribution in [3.8, 4) is 0 Å². The highest BCUT2D eigenvalue weighted by Gasteiger charge is 2.19. The molecule has 0 saturated carbocycles. The van der Waals surface area contributed by atoms with Crippen LogP contribution < -0.4 is 5.32 Å². The number of likely N-dealkylation sites (tertiary alicyclic amines) is 1. The first-order valence-corrected chi connectivity index (χ1v) is 6.16. The summed E-state index contributed by atoms with van der Waals surface area (Å²) in [7, 11) is 2.01. The third-order valence-corrected chi connectivity index (χ3v) is 3.44. The molecule has 0 radical (unpaired) electrons. The summed E-state index contributed by atoms with van der Waals surface area (Å²) in [5.41, 5.74) is -0.105. The summed E-state index contributed by atoms with van der Waals surface area (Å²) in [6.45, 7) is 1.50. The SMILES string of the molecule is CN1CCCCC1CNc1cc(F)cc(F)c1F. The van der Waals surface area contributed by atoms with Crippen LogP contribution in [0.25, 0.3) is 0 Å². The average Bonchev–Trinajstić information content (AvgIpc) is 2.33. The number of nitrogens with one attached hydrogen (secondary N) is 1. The van der Waals surface area contributed by atoms with Crippen LogP contribution in [-0.4, -0.2) is 31.1 Å². The zero-order chi connectivity index (χ0) is 13.1. The number of piperidine rings is 1. The first kappa shape index (κ1) is 13.2. The number of likely N-dealkylation sites (N-methyl/N-ethyl adjacent to an activating group) is 1. The fourth-order valence-corrected chi connectivity index (χ4v) is 2.31. The summed E-state index contributed by atoms with van der Waals surface area (Å²) < 4.78 is 39.4. The molecule has 0 spiro atoms. The van der Waals surface area contributed by atoms with Crippen molar-refractivity contribution in [2.24, 2.45) is 0 Å². The summed E-state index contributed by atoms with van der Waals surface area (Å²) in [4.78, 5) is 2.18. The third-order valence-electron chi connectivity index (χ3n) is 3.44. The van der Waals surface area contributed by atoms with Gasteiger partial charge in [-0.1, -0.05) is 6.42 Å². The van der Waals surface area contributed by atoms with Gasteiger partial charge in [0.25, 0.3) is 0 Å². The highest BCUT2D eigenvalue weighted by atomic mass is 19.2. The summed E-state index contributed by atoms with van der Waals surface area (Å²) in [5, 5.41) is 2.80. The van der Waals surface area contributed by atoms with Crippen LogP contribution in [-0.2, 0) is 0 Å². The molecule has 0 aromatic heterocycles. The Morgan fingerprint density at radius 2 is 2.06 bits per heavy atom. The van der Waals surface area contributed by atoms with Crippen LogP contribution in [0.5, 0.6) is 0 Å². The van der Waals surface area contributed by atoms with Crippen molar-refractivity contribution >= 4 is 5.69 Å². The molecule has 1 N–H and O–H groups in total. The normalized spacial score (nSPS) is 21.0. The van der Waals surface area contributed by atoms with Crippen molar-refractivity contribution in [3.63, 3.8) is 0 Å². The van der Waals surface area contributed by atoms with E-state index in [1.54, 1.807) is 0 Å². The lowest BCUT2D eigenvalue weighted by Gasteiger charge is -2.32. The minimum absolute atomic E-state index is 0.105. The number of nitrogens with zero attached hydrogens (tertiary/aromatic N) is 1. The first-order chi connectivity index (χ1) is 8.58. The Kier molecular flexibility index (Phi) is 4.11. The number of benzene rings is 1. The van der Waals surface area contributed by atoms with E-state index in [1.807, 2.05) is 7.05 Å². The van der Waals surface area contributed by atoms with Crippen LogP contribution in [0.3, 0.4) is 0 Å². The Labute approximate surface area is 105 Å². The van der Waals surface area contributed by atoms with Gasteiger partial charge in [-0.2, -0.15) is 0 Å². The summed E-state index contributed by atoms with van der Waals surface area (Å²) in [6, 6.07) is 1.82. The summed E-state index contributed by atoms with van der Waals surface area (Å²) in [6.07, 6.45) is 3.32. The Balaban J connectivity index is 2.01. The van der Waals surface area contributed by atoms with E-state index in [0.29, 0.717) is 12.6 Å². The molecule has 1 aliphatic rings. The maximum Gasteiger partial charge on any atom is 0.182 e. The van der Waals surface area contributed by atoms with Crippen molar-refractivity contribution in [1.82, 2.24) is 4.90 Å². The fraction of sp³-hybridized carbons (Fsp3) is 0.538. The lowest BCUT2D eigenvalue weighted by atomic mass is 10.0. The molecule has 1 aliphatic heterocycles. The molecule has 1 unspecified atom stereocenters. The molecule has 0 bridgehead atoms. The Morgan fingerprint density at radius 3 is 2.78 bits per heavy atom. The van der Waals surface area contributed by atoms with Gasteiger partial charge < -0.3 is 10.2 Å². The molecule has 0 aliphatic carbocycles. The molecule has 1 heterocycles. The van der Waals surface area contributed by atoms with E-state index in [9.17, 15) is 13.2 Å². The van der Waals surface area contributed by atoms with Crippen molar-refractivity contribution in [2.45, 2.75) is 25.3 Å². The molecule has 2 nitrogen and oxygen atoms in total. The molecule has 1 saturated heterocycles. The number of hydrogen-bond acceptors (Lipinski definition) is 2. The lowest BCUT2D eigenvalue weighted by Crippen LogP contribution is -2.40. The van der Waals surface area contributed by atoms with E-state index < -0.39 is 17.5 Å². The molecule has 1 fully saturated rings. The Bertz CT molecular complexity index is 423. The quantitative estimate of drug-likeness (QED) is 0.838. The van der Waals surface area contributed by atoms with Crippen LogP contribution in [0.4, 0.5) is 18.9 Å². The van der Waals surface area contributed by atoms with E-state index in [2.05, 4.69) is 10.2 Å². The zero-order valence-electron chi connectivity index (χ0n) is 10.3. The molecular weight excluding hydrogens is 241 g/mol. The Hall–Kier alpha value is -1.23. The predicted molar refractivity (Wildman–Crippen MR) is 65.1 cm³/mol. The minimum Gasteiger partial charge on any atom is -0.381 e. The van der Waals surface area contributed by atoms with Crippen LogP contribution in [0, 0.1) is 17.5 Å². The average molecular weight is 258 g/mol. The Morgan fingerprint density at radius 1 is 1.28 bits per heavy atom. The fourth-order valence-electron chi connectivity index (χ4n) is 2.31. The second kappa shape index (κ2) is 5.61. The van der Waals surface area contributed by atoms with E-state index in [0.717, 1.165) is 31.9 Å². The van der Waals surface area contributed by atoms with Gasteiger partial charge in [-0.25, -0.2) is 13.2 Å². The summed E-state index contributed by atoms with van der Waals surface area (Å²) >= 11 is 0. The molecule has 1 aromatic rings. The molecule has 1 aromatic carbocycles. The van der Waals surface area contributed by atoms with Crippen molar-refractivity contribution in [1.29, 1.82) is 0 Å². The largest absolute Gasteiger partial charge is 0.381 e. The number of halogens is 3. The van der Waals surface area contributed by atoms with Crippen molar-refractivity contribution in [2.75, 3.05) is 25.5 Å². The predicted octanol–water partition coefficient (Wildman–Crippen LogP) is 3.00. The lowest BCUT2D eigenvalue weighted by molar-refractivity contribution is 0.194. The van der Waals surface area contributed by atoms with Gasteiger partial charge >= 0.3 is 0 Å². The van der Waals surface area contributed by atoms with Crippen LogP contribution in [0.2, 0.25) is 0 Å². The molecule has 5 heteroatoms. The van der Waals surface area contributed by atoms with Crippen LogP contribution >= 0.6 is 0 Å². The molecule has 1 atom stereocenters. The molecule has 0 amide bonds. The maximum atomic E-state index is 13.4. The van der Waals surface area contributed by atoms with Gasteiger partial charge in [0, 0.05) is 24.7 Å². The number of anilines is 1. The van der Waals surface area contributed by atoms with E-state index in [-0.39, 0.29) is 11.7 Å². The number of hydrogen-bond donors (Lipinski definition) is 1. The minimum atomic E-state index is -1.16. The van der Waals surface area contributed by atoms with Crippen LogP contribution in [0.1, 0.15) is 19.3 Å². The molecular formula is C13H17F3N2. The van der Waals surface area contributed by atoms with E-state index >= 15 is 0 Å². The maximum absolute atomic E-state index is 13.4. The number of rotatable bonds is 3. The summed E-state index contributed by atoms with van der Waals surface area (Å²) in [5.74, 6) is -2.95. The van der Waals surface area contributed by atoms with E-state index in [1.165, 1.54) is 0 Å². The zero-order valence-corrected chi connectivity index (χ0v) is 10.3. The smallest absolute Gasteiger partial charge is 0.182 e. The first-order valence-electron chi connectivity index (χ1n) is 6.16. The van der Waals surface area contributed by atoms with Gasteiger partial charge in [0.2, 0.25) is 0 Å². The van der Waals surface area contributed by atoms with Gasteiger partial charge in [-0.15, -0.1) is 0 Å². The topological polar surface area (TPSA) is 15.3 Å². The van der Waals surface area contributed by atoms with Gasteiger partial charge in [0.1, 0.15) is 5.82 Å². The highest BCUT2D eigenvalue weighted by Crippen LogP contribution is 2.21. The van der Waals surface area contributed by atoms with Gasteiger partial charge in [-0.3, -0.25) is 0 Å². The van der Waals surface area contributed by atoms with Gasteiger partial charge in [0.05, 0.1) is 5.69 Å². The standard InChI is InChI=1S/C13H17F3N2/c1-18-5-3-2-4-10(18)8-17-12-7-9(14)6-11(15)13(12)16/h6-7,10,17H,2-5,8H2,1H3. The second-order valence-electron chi connectivity index (χ2n) is 4.76. The monoisotopic (exact) mass is 258 g/mol. The van der Waals surface area contributed by atoms with Crippen molar-refractivity contribution < 1.29 is 13.2 Å². The molecule has 2 rings (SSSR count). The third kappa shape index (κ3) is 2.96. The molecule has 18 heavy (non-hydrogen) atoms. The van der Waals surface area contributed by atoms with Crippen LogP contribution in [0.15, 0.2) is 12.1 Å². The van der Waals surface area contributed by atoms with Crippen molar-refractivity contribution in [3.05, 3.63) is 29.6 Å². The second-order valence-corrected chi connectivity index (χ2v) is 4.76. The highest BCUT2D eigenvalue weighted by molar-refractivity contribution is 5.45.